The van der Waals surface area contributed by atoms with Gasteiger partial charge in [-0.2, -0.15) is 0 Å². The van der Waals surface area contributed by atoms with E-state index in [0.717, 1.165) is 0 Å². The Labute approximate surface area is 104 Å². The fourth-order valence-electron chi connectivity index (χ4n) is 1.24. The van der Waals surface area contributed by atoms with Gasteiger partial charge < -0.3 is 9.84 Å². The zero-order valence-electron chi connectivity index (χ0n) is 9.75. The molecule has 6 nitrogen and oxygen atoms in total. The molecule has 1 aromatic rings. The summed E-state index contributed by atoms with van der Waals surface area (Å²) in [5.41, 5.74) is 8.57. The quantitative estimate of drug-likeness (QED) is 0.290. The SMILES string of the molecule is COc1ccc(C#CCCN=[N+]=[N-])c(C(=O)O)c1. The van der Waals surface area contributed by atoms with Gasteiger partial charge in [0.25, 0.3) is 0 Å². The van der Waals surface area contributed by atoms with Crippen LogP contribution in [0.4, 0.5) is 0 Å². The lowest BCUT2D eigenvalue weighted by molar-refractivity contribution is 0.0696. The van der Waals surface area contributed by atoms with Crippen molar-refractivity contribution in [1.82, 2.24) is 0 Å². The monoisotopic (exact) mass is 245 g/mol. The fourth-order valence-corrected chi connectivity index (χ4v) is 1.24. The van der Waals surface area contributed by atoms with Crippen molar-refractivity contribution in [3.63, 3.8) is 0 Å². The number of carbonyl (C=O) groups is 1. The second-order valence-electron chi connectivity index (χ2n) is 3.22. The number of carboxylic acids is 1. The van der Waals surface area contributed by atoms with Gasteiger partial charge in [0, 0.05) is 23.4 Å². The maximum Gasteiger partial charge on any atom is 0.337 e. The van der Waals surface area contributed by atoms with E-state index in [2.05, 4.69) is 21.9 Å². The van der Waals surface area contributed by atoms with Crippen LogP contribution in [-0.4, -0.2) is 24.7 Å². The number of ether oxygens (including phenoxy) is 1. The van der Waals surface area contributed by atoms with Crippen molar-refractivity contribution in [3.05, 3.63) is 39.8 Å². The highest BCUT2D eigenvalue weighted by molar-refractivity contribution is 5.91. The van der Waals surface area contributed by atoms with E-state index in [9.17, 15) is 4.79 Å². The minimum atomic E-state index is -1.06. The van der Waals surface area contributed by atoms with Crippen LogP contribution in [-0.2, 0) is 0 Å². The first-order valence-corrected chi connectivity index (χ1v) is 5.10. The fraction of sp³-hybridized carbons (Fsp3) is 0.250. The molecule has 92 valence electrons. The third-order valence-electron chi connectivity index (χ3n) is 2.08. The van der Waals surface area contributed by atoms with Gasteiger partial charge in [-0.05, 0) is 23.7 Å². The minimum absolute atomic E-state index is 0.0886. The highest BCUT2D eigenvalue weighted by atomic mass is 16.5. The molecule has 0 aliphatic rings. The Kier molecular flexibility index (Phi) is 5.10. The average Bonchev–Trinajstić information content (AvgIpc) is 2.38. The van der Waals surface area contributed by atoms with E-state index < -0.39 is 5.97 Å². The van der Waals surface area contributed by atoms with Gasteiger partial charge in [0.1, 0.15) is 5.75 Å². The van der Waals surface area contributed by atoms with Crippen molar-refractivity contribution in [3.8, 4) is 17.6 Å². The van der Waals surface area contributed by atoms with Crippen LogP contribution in [0.25, 0.3) is 10.4 Å². The molecule has 0 fully saturated rings. The second-order valence-corrected chi connectivity index (χ2v) is 3.22. The van der Waals surface area contributed by atoms with E-state index in [1.54, 1.807) is 12.1 Å². The van der Waals surface area contributed by atoms with E-state index in [4.69, 9.17) is 15.4 Å². The Morgan fingerprint density at radius 2 is 2.39 bits per heavy atom. The van der Waals surface area contributed by atoms with Gasteiger partial charge in [0.15, 0.2) is 0 Å². The number of benzene rings is 1. The Hall–Kier alpha value is -2.64. The van der Waals surface area contributed by atoms with Crippen LogP contribution >= 0.6 is 0 Å². The molecule has 0 heterocycles. The smallest absolute Gasteiger partial charge is 0.337 e. The van der Waals surface area contributed by atoms with Crippen LogP contribution in [0.1, 0.15) is 22.3 Å². The predicted molar refractivity (Wildman–Crippen MR) is 65.5 cm³/mol. The molecular weight excluding hydrogens is 234 g/mol. The molecule has 0 atom stereocenters. The van der Waals surface area contributed by atoms with Crippen LogP contribution < -0.4 is 4.74 Å². The summed E-state index contributed by atoms with van der Waals surface area (Å²) in [7, 11) is 1.46. The largest absolute Gasteiger partial charge is 0.497 e. The maximum absolute atomic E-state index is 11.0. The van der Waals surface area contributed by atoms with Gasteiger partial charge in [-0.1, -0.05) is 17.0 Å². The summed E-state index contributed by atoms with van der Waals surface area (Å²) in [5.74, 6) is 4.89. The highest BCUT2D eigenvalue weighted by Gasteiger charge is 2.09. The molecule has 0 saturated carbocycles. The van der Waals surface area contributed by atoms with Crippen LogP contribution in [0, 0.1) is 11.8 Å². The summed E-state index contributed by atoms with van der Waals surface area (Å²) >= 11 is 0. The molecule has 0 spiro atoms. The summed E-state index contributed by atoms with van der Waals surface area (Å²) in [4.78, 5) is 13.6. The van der Waals surface area contributed by atoms with Crippen LogP contribution in [0.3, 0.4) is 0 Å². The Bertz CT molecular complexity index is 551. The van der Waals surface area contributed by atoms with Gasteiger partial charge in [-0.15, -0.1) is 0 Å². The van der Waals surface area contributed by atoms with Gasteiger partial charge >= 0.3 is 5.97 Å². The first-order valence-electron chi connectivity index (χ1n) is 5.10. The predicted octanol–water partition coefficient (Wildman–Crippen LogP) is 2.45. The third-order valence-corrected chi connectivity index (χ3v) is 2.08. The van der Waals surface area contributed by atoms with E-state index in [0.29, 0.717) is 17.7 Å². The van der Waals surface area contributed by atoms with Crippen molar-refractivity contribution < 1.29 is 14.6 Å². The van der Waals surface area contributed by atoms with Gasteiger partial charge in [0.2, 0.25) is 0 Å². The Balaban J connectivity index is 2.94. The molecule has 0 aliphatic carbocycles. The van der Waals surface area contributed by atoms with Crippen LogP contribution in [0.5, 0.6) is 5.75 Å². The Morgan fingerprint density at radius 1 is 1.61 bits per heavy atom. The van der Waals surface area contributed by atoms with Crippen LogP contribution in [0.2, 0.25) is 0 Å². The summed E-state index contributed by atoms with van der Waals surface area (Å²) in [5, 5.41) is 12.4. The van der Waals surface area contributed by atoms with Crippen molar-refractivity contribution in [2.75, 3.05) is 13.7 Å². The van der Waals surface area contributed by atoms with Gasteiger partial charge in [-0.25, -0.2) is 4.79 Å². The second kappa shape index (κ2) is 6.84. The van der Waals surface area contributed by atoms with E-state index >= 15 is 0 Å². The molecular formula is C12H11N3O3. The van der Waals surface area contributed by atoms with Gasteiger partial charge in [-0.3, -0.25) is 0 Å². The first kappa shape index (κ1) is 13.4. The molecule has 0 bridgehead atoms. The van der Waals surface area contributed by atoms with Crippen molar-refractivity contribution >= 4 is 5.97 Å². The number of azide groups is 1. The zero-order chi connectivity index (χ0) is 13.4. The number of methoxy groups -OCH3 is 1. The molecule has 18 heavy (non-hydrogen) atoms. The molecule has 1 N–H and O–H groups in total. The average molecular weight is 245 g/mol. The van der Waals surface area contributed by atoms with Crippen molar-refractivity contribution in [2.24, 2.45) is 5.11 Å². The van der Waals surface area contributed by atoms with Crippen molar-refractivity contribution in [1.29, 1.82) is 0 Å². The number of rotatable bonds is 4. The lowest BCUT2D eigenvalue weighted by atomic mass is 10.1. The standard InChI is InChI=1S/C12H11N3O3/c1-18-10-6-5-9(11(8-10)12(16)17)4-2-3-7-14-15-13/h5-6,8H,3,7H2,1H3,(H,16,17). The number of nitrogens with zero attached hydrogens (tertiary/aromatic N) is 3. The molecule has 0 amide bonds. The number of hydrogen-bond acceptors (Lipinski definition) is 3. The summed E-state index contributed by atoms with van der Waals surface area (Å²) in [6, 6.07) is 4.65. The third kappa shape index (κ3) is 3.74. The molecule has 0 aliphatic heterocycles. The number of hydrogen-bond donors (Lipinski definition) is 1. The lowest BCUT2D eigenvalue weighted by Gasteiger charge is -2.03. The van der Waals surface area contributed by atoms with E-state index in [1.165, 1.54) is 13.2 Å². The maximum atomic E-state index is 11.0. The lowest BCUT2D eigenvalue weighted by Crippen LogP contribution is -2.00. The Morgan fingerprint density at radius 3 is 3.00 bits per heavy atom. The zero-order valence-corrected chi connectivity index (χ0v) is 9.75. The topological polar surface area (TPSA) is 95.3 Å². The molecule has 0 radical (unpaired) electrons. The van der Waals surface area contributed by atoms with E-state index in [1.807, 2.05) is 0 Å². The normalized spacial score (nSPS) is 8.72. The molecule has 0 unspecified atom stereocenters. The van der Waals surface area contributed by atoms with E-state index in [-0.39, 0.29) is 12.1 Å². The molecule has 1 rings (SSSR count). The van der Waals surface area contributed by atoms with Crippen LogP contribution in [0.15, 0.2) is 23.3 Å². The van der Waals surface area contributed by atoms with Gasteiger partial charge in [0.05, 0.1) is 12.7 Å². The minimum Gasteiger partial charge on any atom is -0.497 e. The molecule has 1 aromatic carbocycles. The van der Waals surface area contributed by atoms with Crippen molar-refractivity contribution in [2.45, 2.75) is 6.42 Å². The summed E-state index contributed by atoms with van der Waals surface area (Å²) < 4.78 is 4.95. The number of aromatic carboxylic acids is 1. The summed E-state index contributed by atoms with van der Waals surface area (Å²) in [6.07, 6.45) is 0.384. The molecule has 0 aromatic heterocycles. The number of carboxylic acid groups (broad SMARTS) is 1. The molecule has 6 heteroatoms. The molecule has 0 saturated heterocycles. The summed E-state index contributed by atoms with van der Waals surface area (Å²) in [6.45, 7) is 0.266. The highest BCUT2D eigenvalue weighted by Crippen LogP contribution is 2.17. The first-order chi connectivity index (χ1) is 8.69.